The SMILES string of the molecule is Cc1ncc(S(=O)(=O)N(CCCl)C2CCC2)[nH]1. The number of aromatic nitrogens is 2. The predicted octanol–water partition coefficient (Wildman–Crippen LogP) is 1.50. The molecular formula is C10H16ClN3O2S. The normalized spacial score (nSPS) is 17.4. The van der Waals surface area contributed by atoms with Gasteiger partial charge in [0.25, 0.3) is 10.0 Å². The Kier molecular flexibility index (Phi) is 3.75. The van der Waals surface area contributed by atoms with E-state index in [9.17, 15) is 8.42 Å². The van der Waals surface area contributed by atoms with E-state index >= 15 is 0 Å². The zero-order chi connectivity index (χ0) is 12.5. The van der Waals surface area contributed by atoms with Gasteiger partial charge in [0.15, 0.2) is 5.03 Å². The summed E-state index contributed by atoms with van der Waals surface area (Å²) in [5, 5.41) is 0.159. The van der Waals surface area contributed by atoms with Crippen molar-refractivity contribution in [1.29, 1.82) is 0 Å². The van der Waals surface area contributed by atoms with Gasteiger partial charge in [-0.3, -0.25) is 0 Å². The first-order chi connectivity index (χ1) is 8.05. The Bertz CT molecular complexity index is 481. The fourth-order valence-corrected chi connectivity index (χ4v) is 3.85. The number of imidazole rings is 1. The summed E-state index contributed by atoms with van der Waals surface area (Å²) in [4.78, 5) is 6.71. The third-order valence-corrected chi connectivity index (χ3v) is 5.08. The van der Waals surface area contributed by atoms with E-state index in [-0.39, 0.29) is 11.1 Å². The molecule has 7 heteroatoms. The molecule has 0 aromatic carbocycles. The van der Waals surface area contributed by atoms with Crippen LogP contribution < -0.4 is 0 Å². The van der Waals surface area contributed by atoms with Crippen LogP contribution in [-0.2, 0) is 10.0 Å². The number of nitrogens with one attached hydrogen (secondary N) is 1. The molecule has 1 aliphatic rings. The molecule has 0 radical (unpaired) electrons. The van der Waals surface area contributed by atoms with E-state index in [0.717, 1.165) is 19.3 Å². The molecule has 17 heavy (non-hydrogen) atoms. The highest BCUT2D eigenvalue weighted by molar-refractivity contribution is 7.89. The maximum atomic E-state index is 12.4. The molecule has 1 saturated carbocycles. The molecule has 1 aliphatic carbocycles. The van der Waals surface area contributed by atoms with Gasteiger partial charge in [-0.25, -0.2) is 13.4 Å². The minimum atomic E-state index is -3.47. The Morgan fingerprint density at radius 3 is 2.71 bits per heavy atom. The van der Waals surface area contributed by atoms with Crippen molar-refractivity contribution >= 4 is 21.6 Å². The number of hydrogen-bond donors (Lipinski definition) is 1. The van der Waals surface area contributed by atoms with E-state index < -0.39 is 10.0 Å². The smallest absolute Gasteiger partial charge is 0.260 e. The second-order valence-corrected chi connectivity index (χ2v) is 6.46. The summed E-state index contributed by atoms with van der Waals surface area (Å²) in [5.74, 6) is 0.908. The molecule has 0 bridgehead atoms. The number of sulfonamides is 1. The van der Waals surface area contributed by atoms with E-state index in [1.54, 1.807) is 6.92 Å². The second kappa shape index (κ2) is 4.96. The summed E-state index contributed by atoms with van der Waals surface area (Å²) in [6.45, 7) is 2.08. The van der Waals surface area contributed by atoms with Gasteiger partial charge in [-0.1, -0.05) is 6.42 Å². The van der Waals surface area contributed by atoms with E-state index in [4.69, 9.17) is 11.6 Å². The van der Waals surface area contributed by atoms with Crippen molar-refractivity contribution in [2.24, 2.45) is 0 Å². The Balaban J connectivity index is 2.27. The van der Waals surface area contributed by atoms with Crippen LogP contribution in [0.5, 0.6) is 0 Å². The molecule has 1 aromatic rings. The summed E-state index contributed by atoms with van der Waals surface area (Å²) >= 11 is 5.69. The molecule has 0 saturated heterocycles. The molecule has 0 spiro atoms. The van der Waals surface area contributed by atoms with Crippen molar-refractivity contribution in [2.75, 3.05) is 12.4 Å². The predicted molar refractivity (Wildman–Crippen MR) is 65.6 cm³/mol. The van der Waals surface area contributed by atoms with Crippen molar-refractivity contribution in [1.82, 2.24) is 14.3 Å². The summed E-state index contributed by atoms with van der Waals surface area (Å²) in [5.41, 5.74) is 0. The van der Waals surface area contributed by atoms with Crippen LogP contribution in [0.1, 0.15) is 25.1 Å². The topological polar surface area (TPSA) is 66.1 Å². The second-order valence-electron chi connectivity index (χ2n) is 4.22. The van der Waals surface area contributed by atoms with E-state index in [1.807, 2.05) is 0 Å². The van der Waals surface area contributed by atoms with Gasteiger partial charge in [-0.2, -0.15) is 4.31 Å². The third kappa shape index (κ3) is 2.48. The summed E-state index contributed by atoms with van der Waals surface area (Å²) in [6.07, 6.45) is 4.29. The molecular weight excluding hydrogens is 262 g/mol. The molecule has 1 heterocycles. The van der Waals surface area contributed by atoms with E-state index in [2.05, 4.69) is 9.97 Å². The summed E-state index contributed by atoms with van der Waals surface area (Å²) < 4.78 is 26.2. The maximum absolute atomic E-state index is 12.4. The zero-order valence-electron chi connectivity index (χ0n) is 9.69. The van der Waals surface area contributed by atoms with Crippen molar-refractivity contribution < 1.29 is 8.42 Å². The number of aryl methyl sites for hydroxylation is 1. The zero-order valence-corrected chi connectivity index (χ0v) is 11.3. The monoisotopic (exact) mass is 277 g/mol. The number of rotatable bonds is 5. The van der Waals surface area contributed by atoms with Crippen molar-refractivity contribution in [3.05, 3.63) is 12.0 Å². The highest BCUT2D eigenvalue weighted by Crippen LogP contribution is 2.29. The van der Waals surface area contributed by atoms with Gasteiger partial charge in [-0.15, -0.1) is 11.6 Å². The summed E-state index contributed by atoms with van der Waals surface area (Å²) in [7, 11) is -3.47. The Hall–Kier alpha value is -0.590. The van der Waals surface area contributed by atoms with Crippen molar-refractivity contribution in [2.45, 2.75) is 37.3 Å². The fraction of sp³-hybridized carbons (Fsp3) is 0.700. The molecule has 0 unspecified atom stereocenters. The van der Waals surface area contributed by atoms with Crippen LogP contribution >= 0.6 is 11.6 Å². The summed E-state index contributed by atoms with van der Waals surface area (Å²) in [6, 6.07) is 0.0994. The highest BCUT2D eigenvalue weighted by atomic mass is 35.5. The van der Waals surface area contributed by atoms with Crippen LogP contribution in [0.2, 0.25) is 0 Å². The minimum absolute atomic E-state index is 0.0994. The molecule has 2 rings (SSSR count). The average Bonchev–Trinajstić information content (AvgIpc) is 2.62. The van der Waals surface area contributed by atoms with Gasteiger partial charge in [0.05, 0.1) is 6.20 Å². The quantitative estimate of drug-likeness (QED) is 0.830. The highest BCUT2D eigenvalue weighted by Gasteiger charge is 2.35. The molecule has 96 valence electrons. The molecule has 0 atom stereocenters. The number of alkyl halides is 1. The van der Waals surface area contributed by atoms with Crippen molar-refractivity contribution in [3.8, 4) is 0 Å². The standard InChI is InChI=1S/C10H16ClN3O2S/c1-8-12-7-10(13-8)17(15,16)14(6-5-11)9-3-2-4-9/h7,9H,2-6H2,1H3,(H,12,13). The Morgan fingerprint density at radius 1 is 1.59 bits per heavy atom. The first-order valence-electron chi connectivity index (χ1n) is 5.65. The largest absolute Gasteiger partial charge is 0.332 e. The maximum Gasteiger partial charge on any atom is 0.260 e. The van der Waals surface area contributed by atoms with Crippen LogP contribution in [0.4, 0.5) is 0 Å². The number of aromatic amines is 1. The van der Waals surface area contributed by atoms with Crippen LogP contribution in [0.3, 0.4) is 0 Å². The molecule has 1 aromatic heterocycles. The van der Waals surface area contributed by atoms with Gasteiger partial charge in [0, 0.05) is 18.5 Å². The number of halogens is 1. The first kappa shape index (κ1) is 12.9. The lowest BCUT2D eigenvalue weighted by molar-refractivity contribution is 0.227. The van der Waals surface area contributed by atoms with Gasteiger partial charge in [-0.05, 0) is 19.8 Å². The van der Waals surface area contributed by atoms with E-state index in [0.29, 0.717) is 18.2 Å². The number of hydrogen-bond acceptors (Lipinski definition) is 3. The van der Waals surface area contributed by atoms with Crippen LogP contribution in [0.15, 0.2) is 11.2 Å². The Labute approximate surface area is 106 Å². The minimum Gasteiger partial charge on any atom is -0.332 e. The van der Waals surface area contributed by atoms with Crippen molar-refractivity contribution in [3.63, 3.8) is 0 Å². The lowest BCUT2D eigenvalue weighted by Gasteiger charge is -2.35. The fourth-order valence-electron chi connectivity index (χ4n) is 1.91. The number of H-pyrrole nitrogens is 1. The van der Waals surface area contributed by atoms with Gasteiger partial charge >= 0.3 is 0 Å². The number of nitrogens with zero attached hydrogens (tertiary/aromatic N) is 2. The van der Waals surface area contributed by atoms with Gasteiger partial charge < -0.3 is 4.98 Å². The Morgan fingerprint density at radius 2 is 2.29 bits per heavy atom. The molecule has 5 nitrogen and oxygen atoms in total. The molecule has 0 aliphatic heterocycles. The van der Waals surface area contributed by atoms with Gasteiger partial charge in [0.2, 0.25) is 0 Å². The van der Waals surface area contributed by atoms with Gasteiger partial charge in [0.1, 0.15) is 5.82 Å². The van der Waals surface area contributed by atoms with Crippen LogP contribution in [0.25, 0.3) is 0 Å². The lowest BCUT2D eigenvalue weighted by Crippen LogP contribution is -2.45. The molecule has 1 fully saturated rings. The lowest BCUT2D eigenvalue weighted by atomic mass is 9.93. The van der Waals surface area contributed by atoms with Crippen LogP contribution in [-0.4, -0.2) is 41.2 Å². The van der Waals surface area contributed by atoms with Crippen LogP contribution in [0, 0.1) is 6.92 Å². The molecule has 0 amide bonds. The van der Waals surface area contributed by atoms with E-state index in [1.165, 1.54) is 10.5 Å². The average molecular weight is 278 g/mol. The third-order valence-electron chi connectivity index (χ3n) is 3.05. The first-order valence-corrected chi connectivity index (χ1v) is 7.62. The molecule has 1 N–H and O–H groups in total.